The van der Waals surface area contributed by atoms with Crippen molar-refractivity contribution in [3.8, 4) is 5.69 Å². The molecule has 148 valence electrons. The lowest BCUT2D eigenvalue weighted by Crippen LogP contribution is -2.24. The minimum Gasteiger partial charge on any atom is -0.338 e. The second-order valence-corrected chi connectivity index (χ2v) is 7.37. The Labute approximate surface area is 170 Å². The van der Waals surface area contributed by atoms with E-state index in [1.165, 1.54) is 0 Å². The van der Waals surface area contributed by atoms with Gasteiger partial charge in [-0.1, -0.05) is 30.3 Å². The highest BCUT2D eigenvalue weighted by molar-refractivity contribution is 6.05. The number of aryl methyl sites for hydroxylation is 1. The molecule has 0 unspecified atom stereocenters. The van der Waals surface area contributed by atoms with E-state index in [9.17, 15) is 9.59 Å². The standard InChI is InChI=1S/C23H24N4O2/c1-16-22(17(2)27(25-16)20-10-4-3-5-11-20)24-23(29)19-9-6-8-18(14-19)15-26-13-7-12-21(26)28/h3-6,8-11,14H,7,12-13,15H2,1-2H3,(H,24,29). The quantitative estimate of drug-likeness (QED) is 0.722. The number of carbonyl (C=O) groups is 2. The maximum atomic E-state index is 12.9. The van der Waals surface area contributed by atoms with E-state index in [1.54, 1.807) is 6.07 Å². The highest BCUT2D eigenvalue weighted by Crippen LogP contribution is 2.24. The first-order valence-corrected chi connectivity index (χ1v) is 9.82. The Hall–Kier alpha value is -3.41. The van der Waals surface area contributed by atoms with Gasteiger partial charge in [0.15, 0.2) is 0 Å². The number of hydrogen-bond acceptors (Lipinski definition) is 3. The summed E-state index contributed by atoms with van der Waals surface area (Å²) in [5.74, 6) is -0.00200. The highest BCUT2D eigenvalue weighted by Gasteiger charge is 2.21. The van der Waals surface area contributed by atoms with Crippen LogP contribution in [0.3, 0.4) is 0 Å². The van der Waals surface area contributed by atoms with Gasteiger partial charge >= 0.3 is 0 Å². The van der Waals surface area contributed by atoms with Gasteiger partial charge in [-0.2, -0.15) is 5.10 Å². The van der Waals surface area contributed by atoms with Crippen LogP contribution in [0.2, 0.25) is 0 Å². The van der Waals surface area contributed by atoms with Crippen molar-refractivity contribution >= 4 is 17.5 Å². The van der Waals surface area contributed by atoms with Crippen molar-refractivity contribution in [2.24, 2.45) is 0 Å². The minimum atomic E-state index is -0.182. The zero-order valence-corrected chi connectivity index (χ0v) is 16.7. The molecule has 1 aliphatic heterocycles. The van der Waals surface area contributed by atoms with Gasteiger partial charge in [0.05, 0.1) is 22.8 Å². The van der Waals surface area contributed by atoms with Crippen LogP contribution in [-0.4, -0.2) is 33.0 Å². The number of para-hydroxylation sites is 1. The molecule has 0 aliphatic carbocycles. The van der Waals surface area contributed by atoms with E-state index in [1.807, 2.05) is 72.0 Å². The summed E-state index contributed by atoms with van der Waals surface area (Å²) in [6, 6.07) is 17.3. The molecular formula is C23H24N4O2. The second-order valence-electron chi connectivity index (χ2n) is 7.37. The van der Waals surface area contributed by atoms with Gasteiger partial charge in [0.25, 0.3) is 5.91 Å². The Balaban J connectivity index is 1.53. The summed E-state index contributed by atoms with van der Waals surface area (Å²) in [5.41, 5.74) is 4.84. The number of rotatable bonds is 5. The number of hydrogen-bond donors (Lipinski definition) is 1. The third-order valence-corrected chi connectivity index (χ3v) is 5.26. The molecule has 0 atom stereocenters. The van der Waals surface area contributed by atoms with Crippen molar-refractivity contribution in [2.45, 2.75) is 33.2 Å². The molecule has 1 N–H and O–H groups in total. The number of nitrogens with zero attached hydrogens (tertiary/aromatic N) is 3. The molecule has 1 fully saturated rings. The number of likely N-dealkylation sites (tertiary alicyclic amines) is 1. The first kappa shape index (κ1) is 18.9. The molecule has 2 aromatic carbocycles. The van der Waals surface area contributed by atoms with E-state index in [2.05, 4.69) is 10.4 Å². The number of aromatic nitrogens is 2. The molecule has 3 aromatic rings. The van der Waals surface area contributed by atoms with Crippen molar-refractivity contribution in [2.75, 3.05) is 11.9 Å². The molecule has 2 amide bonds. The van der Waals surface area contributed by atoms with Crippen molar-refractivity contribution in [1.29, 1.82) is 0 Å². The maximum Gasteiger partial charge on any atom is 0.255 e. The van der Waals surface area contributed by atoms with Gasteiger partial charge in [-0.25, -0.2) is 4.68 Å². The predicted molar refractivity (Wildman–Crippen MR) is 112 cm³/mol. The highest BCUT2D eigenvalue weighted by atomic mass is 16.2. The average molecular weight is 388 g/mol. The topological polar surface area (TPSA) is 67.2 Å². The fraction of sp³-hybridized carbons (Fsp3) is 0.261. The first-order valence-electron chi connectivity index (χ1n) is 9.82. The van der Waals surface area contributed by atoms with E-state index in [0.29, 0.717) is 18.5 Å². The molecule has 2 heterocycles. The van der Waals surface area contributed by atoms with Gasteiger partial charge in [0, 0.05) is 25.1 Å². The summed E-state index contributed by atoms with van der Waals surface area (Å²) in [5, 5.41) is 7.59. The van der Waals surface area contributed by atoms with E-state index in [4.69, 9.17) is 0 Å². The smallest absolute Gasteiger partial charge is 0.255 e. The van der Waals surface area contributed by atoms with Crippen molar-refractivity contribution in [3.05, 3.63) is 77.1 Å². The summed E-state index contributed by atoms with van der Waals surface area (Å²) in [6.07, 6.45) is 1.52. The molecule has 1 saturated heterocycles. The third kappa shape index (κ3) is 3.92. The van der Waals surface area contributed by atoms with E-state index >= 15 is 0 Å². The van der Waals surface area contributed by atoms with Gasteiger partial charge < -0.3 is 10.2 Å². The van der Waals surface area contributed by atoms with E-state index < -0.39 is 0 Å². The zero-order chi connectivity index (χ0) is 20.4. The number of benzene rings is 2. The first-order chi connectivity index (χ1) is 14.0. The van der Waals surface area contributed by atoms with Crippen molar-refractivity contribution < 1.29 is 9.59 Å². The van der Waals surface area contributed by atoms with Crippen molar-refractivity contribution in [3.63, 3.8) is 0 Å². The Morgan fingerprint density at radius 3 is 2.62 bits per heavy atom. The molecule has 0 radical (unpaired) electrons. The van der Waals surface area contributed by atoms with Gasteiger partial charge in [0.2, 0.25) is 5.91 Å². The lowest BCUT2D eigenvalue weighted by Gasteiger charge is -2.16. The van der Waals surface area contributed by atoms with Crippen molar-refractivity contribution in [1.82, 2.24) is 14.7 Å². The third-order valence-electron chi connectivity index (χ3n) is 5.26. The van der Waals surface area contributed by atoms with Crippen LogP contribution in [-0.2, 0) is 11.3 Å². The molecule has 1 aromatic heterocycles. The number of anilines is 1. The largest absolute Gasteiger partial charge is 0.338 e. The summed E-state index contributed by atoms with van der Waals surface area (Å²) in [6.45, 7) is 5.16. The summed E-state index contributed by atoms with van der Waals surface area (Å²) >= 11 is 0. The van der Waals surface area contributed by atoms with Crippen LogP contribution < -0.4 is 5.32 Å². The lowest BCUT2D eigenvalue weighted by molar-refractivity contribution is -0.128. The molecule has 4 rings (SSSR count). The zero-order valence-electron chi connectivity index (χ0n) is 16.7. The molecular weight excluding hydrogens is 364 g/mol. The van der Waals surface area contributed by atoms with Crippen LogP contribution in [0.1, 0.15) is 40.2 Å². The van der Waals surface area contributed by atoms with Crippen LogP contribution in [0.25, 0.3) is 5.69 Å². The van der Waals surface area contributed by atoms with Gasteiger partial charge in [-0.05, 0) is 50.1 Å². The van der Waals surface area contributed by atoms with E-state index in [0.717, 1.165) is 41.3 Å². The van der Waals surface area contributed by atoms with Crippen LogP contribution in [0.5, 0.6) is 0 Å². The predicted octanol–water partition coefficient (Wildman–Crippen LogP) is 3.86. The molecule has 1 aliphatic rings. The Morgan fingerprint density at radius 2 is 1.90 bits per heavy atom. The van der Waals surface area contributed by atoms with Gasteiger partial charge in [-0.3, -0.25) is 9.59 Å². The monoisotopic (exact) mass is 388 g/mol. The molecule has 0 saturated carbocycles. The minimum absolute atomic E-state index is 0.180. The molecule has 6 nitrogen and oxygen atoms in total. The van der Waals surface area contributed by atoms with Gasteiger partial charge in [0.1, 0.15) is 0 Å². The summed E-state index contributed by atoms with van der Waals surface area (Å²) in [7, 11) is 0. The molecule has 6 heteroatoms. The number of amides is 2. The summed E-state index contributed by atoms with van der Waals surface area (Å²) < 4.78 is 1.83. The normalized spacial score (nSPS) is 13.7. The van der Waals surface area contributed by atoms with Crippen LogP contribution in [0.4, 0.5) is 5.69 Å². The van der Waals surface area contributed by atoms with E-state index in [-0.39, 0.29) is 11.8 Å². The Morgan fingerprint density at radius 1 is 1.10 bits per heavy atom. The fourth-order valence-electron chi connectivity index (χ4n) is 3.73. The van der Waals surface area contributed by atoms with Gasteiger partial charge in [-0.15, -0.1) is 0 Å². The number of nitrogens with one attached hydrogen (secondary N) is 1. The second kappa shape index (κ2) is 7.91. The van der Waals surface area contributed by atoms with Crippen LogP contribution >= 0.6 is 0 Å². The molecule has 29 heavy (non-hydrogen) atoms. The molecule has 0 spiro atoms. The maximum absolute atomic E-state index is 12.9. The van der Waals surface area contributed by atoms with Crippen LogP contribution in [0, 0.1) is 13.8 Å². The summed E-state index contributed by atoms with van der Waals surface area (Å²) in [4.78, 5) is 26.6. The lowest BCUT2D eigenvalue weighted by atomic mass is 10.1. The van der Waals surface area contributed by atoms with Crippen LogP contribution in [0.15, 0.2) is 54.6 Å². The average Bonchev–Trinajstić information content (AvgIpc) is 3.26. The number of carbonyl (C=O) groups excluding carboxylic acids is 2. The Kier molecular flexibility index (Phi) is 5.16. The molecule has 0 bridgehead atoms. The Bertz CT molecular complexity index is 1060. The fourth-order valence-corrected chi connectivity index (χ4v) is 3.73. The SMILES string of the molecule is Cc1nn(-c2ccccc2)c(C)c1NC(=O)c1cccc(CN2CCCC2=O)c1.